The third kappa shape index (κ3) is 7.00. The van der Waals surface area contributed by atoms with E-state index in [0.29, 0.717) is 73.1 Å². The predicted octanol–water partition coefficient (Wildman–Crippen LogP) is 12.8. The van der Waals surface area contributed by atoms with Crippen molar-refractivity contribution in [2.24, 2.45) is 0 Å². The fraction of sp³-hybridized carbons (Fsp3) is 0.211. The van der Waals surface area contributed by atoms with Crippen LogP contribution in [0, 0.1) is 0 Å². The minimum absolute atomic E-state index is 0.149. The fourth-order valence-electron chi connectivity index (χ4n) is 6.99. The Labute approximate surface area is 337 Å². The number of hydrogen-bond acceptors (Lipinski definition) is 6. The molecule has 278 valence electrons. The zero-order valence-electron chi connectivity index (χ0n) is 28.1. The Hall–Kier alpha value is -3.33. The third-order valence-corrected chi connectivity index (χ3v) is 13.9. The van der Waals surface area contributed by atoms with Gasteiger partial charge < -0.3 is 0 Å². The minimum Gasteiger partial charge on any atom is -0.281 e. The Morgan fingerprint density at radius 1 is 0.741 bits per heavy atom. The Morgan fingerprint density at radius 2 is 1.26 bits per heavy atom. The topological polar surface area (TPSA) is 90.0 Å². The average Bonchev–Trinajstić information content (AvgIpc) is 3.94. The van der Waals surface area contributed by atoms with Crippen LogP contribution < -0.4 is 0 Å². The summed E-state index contributed by atoms with van der Waals surface area (Å²) in [5, 5.41) is 12.9. The number of aromatic nitrogens is 4. The van der Waals surface area contributed by atoms with Crippen molar-refractivity contribution in [3.63, 3.8) is 0 Å². The lowest BCUT2D eigenvalue weighted by Gasteiger charge is -2.08. The van der Waals surface area contributed by atoms with E-state index in [0.717, 1.165) is 58.7 Å². The maximum Gasteiger partial charge on any atom is 0.304 e. The Balaban J connectivity index is 0.921. The molecule has 2 aliphatic rings. The first-order chi connectivity index (χ1) is 25.9. The van der Waals surface area contributed by atoms with E-state index in [9.17, 15) is 13.0 Å². The highest BCUT2D eigenvalue weighted by molar-refractivity contribution is 7.88. The molecular weight excluding hydrogens is 836 g/mol. The van der Waals surface area contributed by atoms with Crippen molar-refractivity contribution in [3.8, 4) is 33.9 Å². The smallest absolute Gasteiger partial charge is 0.281 e. The summed E-state index contributed by atoms with van der Waals surface area (Å²) >= 11 is 27.9. The summed E-state index contributed by atoms with van der Waals surface area (Å²) in [6.45, 7) is 0. The molecule has 8 rings (SSSR count). The van der Waals surface area contributed by atoms with Crippen molar-refractivity contribution in [2.45, 2.75) is 55.6 Å². The lowest BCUT2D eigenvalue weighted by Crippen LogP contribution is -2.00. The van der Waals surface area contributed by atoms with Crippen LogP contribution in [0.3, 0.4) is 0 Å². The molecule has 16 heteroatoms. The summed E-state index contributed by atoms with van der Waals surface area (Å²) in [5.74, 6) is -0.864. The van der Waals surface area contributed by atoms with Gasteiger partial charge >= 0.3 is 10.1 Å². The number of unbranched alkanes of at least 4 members (excludes halogenated alkanes) is 5. The van der Waals surface area contributed by atoms with E-state index in [1.54, 1.807) is 58.5 Å². The van der Waals surface area contributed by atoms with Gasteiger partial charge in [0, 0.05) is 54.9 Å². The molecule has 2 aromatic carbocycles. The van der Waals surface area contributed by atoms with Crippen LogP contribution in [0.2, 0.25) is 20.1 Å². The molecular formula is C38H28Cl4F2N4O3S3. The molecule has 0 bridgehead atoms. The fourth-order valence-corrected chi connectivity index (χ4v) is 10.7. The maximum absolute atomic E-state index is 15.8. The van der Waals surface area contributed by atoms with Gasteiger partial charge in [-0.2, -0.15) is 18.6 Å². The van der Waals surface area contributed by atoms with Gasteiger partial charge in [0.2, 0.25) is 0 Å². The van der Waals surface area contributed by atoms with E-state index >= 15 is 8.78 Å². The SMILES string of the molecule is O=S(=O)(O)c1cc2c(s1)Cc1c(C(F)=CCCCCCCC=C(F)c3nn(-c4ccc(Cl)cc4Cl)c4c3Cc3sccc3-4)nn(-c3ccc(Cl)cc3Cl)c1-2. The summed E-state index contributed by atoms with van der Waals surface area (Å²) in [7, 11) is -4.42. The number of nitrogens with zero attached hydrogens (tertiary/aromatic N) is 4. The van der Waals surface area contributed by atoms with Gasteiger partial charge in [0.15, 0.2) is 0 Å². The van der Waals surface area contributed by atoms with Crippen LogP contribution in [0.1, 0.15) is 70.8 Å². The molecule has 0 atom stereocenters. The third-order valence-electron chi connectivity index (χ3n) is 9.47. The highest BCUT2D eigenvalue weighted by Gasteiger charge is 2.34. The molecule has 1 N–H and O–H groups in total. The molecule has 4 aromatic heterocycles. The summed E-state index contributed by atoms with van der Waals surface area (Å²) in [6, 6.07) is 13.4. The monoisotopic (exact) mass is 862 g/mol. The second kappa shape index (κ2) is 15.0. The van der Waals surface area contributed by atoms with Crippen molar-refractivity contribution < 1.29 is 21.8 Å². The second-order valence-corrected chi connectivity index (χ2v) is 18.4. The molecule has 6 aromatic rings. The van der Waals surface area contributed by atoms with Crippen molar-refractivity contribution in [1.82, 2.24) is 19.6 Å². The number of halogens is 6. The van der Waals surface area contributed by atoms with Gasteiger partial charge in [-0.15, -0.1) is 22.7 Å². The number of allylic oxidation sites excluding steroid dienone is 2. The van der Waals surface area contributed by atoms with Crippen LogP contribution in [0.25, 0.3) is 45.5 Å². The normalized spacial score (nSPS) is 13.8. The van der Waals surface area contributed by atoms with Crippen LogP contribution in [0.15, 0.2) is 70.3 Å². The standard InChI is InChI=1S/C38H28Cl4F2N4O3S3/c39-20-9-11-30(26(41)15-20)47-37-22-13-14-52-32(22)17-24(37)35(45-47)28(43)7-5-3-1-2-4-6-8-29(44)36-25-18-33-23(19-34(53-33)54(49,50)51)38(25)48(46-36)31-12-10-21(40)16-27(31)42/h7-16,19H,1-6,17-18H2,(H,49,50,51). The second-order valence-electron chi connectivity index (χ2n) is 13.0. The highest BCUT2D eigenvalue weighted by Crippen LogP contribution is 2.48. The van der Waals surface area contributed by atoms with E-state index < -0.39 is 15.9 Å². The number of hydrogen-bond donors (Lipinski definition) is 1. The van der Waals surface area contributed by atoms with Crippen LogP contribution in [0.5, 0.6) is 0 Å². The van der Waals surface area contributed by atoms with E-state index in [4.69, 9.17) is 46.4 Å². The van der Waals surface area contributed by atoms with Gasteiger partial charge in [0.1, 0.15) is 27.3 Å². The minimum atomic E-state index is -4.42. The molecule has 54 heavy (non-hydrogen) atoms. The first kappa shape index (κ1) is 37.6. The molecule has 0 aliphatic heterocycles. The van der Waals surface area contributed by atoms with Crippen molar-refractivity contribution in [2.75, 3.05) is 0 Å². The quantitative estimate of drug-likeness (QED) is 0.0976. The zero-order chi connectivity index (χ0) is 37.9. The van der Waals surface area contributed by atoms with Gasteiger partial charge in [-0.3, -0.25) is 4.55 Å². The van der Waals surface area contributed by atoms with Gasteiger partial charge in [0.25, 0.3) is 0 Å². The number of rotatable bonds is 12. The number of thiophene rings is 2. The number of benzene rings is 2. The van der Waals surface area contributed by atoms with E-state index in [1.807, 2.05) is 11.4 Å². The zero-order valence-corrected chi connectivity index (χ0v) is 33.5. The molecule has 0 amide bonds. The van der Waals surface area contributed by atoms with Crippen LogP contribution in [-0.4, -0.2) is 32.5 Å². The molecule has 2 aliphatic carbocycles. The summed E-state index contributed by atoms with van der Waals surface area (Å²) in [4.78, 5) is 1.84. The summed E-state index contributed by atoms with van der Waals surface area (Å²) in [6.07, 6.45) is 8.08. The van der Waals surface area contributed by atoms with E-state index in [-0.39, 0.29) is 27.2 Å². The van der Waals surface area contributed by atoms with Gasteiger partial charge in [-0.25, -0.2) is 18.1 Å². The van der Waals surface area contributed by atoms with Crippen molar-refractivity contribution in [3.05, 3.63) is 118 Å². The Morgan fingerprint density at radius 3 is 1.78 bits per heavy atom. The lowest BCUT2D eigenvalue weighted by molar-refractivity contribution is 0.485. The highest BCUT2D eigenvalue weighted by atomic mass is 35.5. The molecule has 0 fully saturated rings. The van der Waals surface area contributed by atoms with Gasteiger partial charge in [-0.05, 0) is 91.7 Å². The molecule has 0 unspecified atom stereocenters. The van der Waals surface area contributed by atoms with E-state index in [2.05, 4.69) is 10.2 Å². The summed E-state index contributed by atoms with van der Waals surface area (Å²) in [5.41, 5.74) is 5.95. The van der Waals surface area contributed by atoms with Gasteiger partial charge in [-0.1, -0.05) is 59.2 Å². The maximum atomic E-state index is 15.8. The molecule has 0 spiro atoms. The molecule has 0 radical (unpaired) electrons. The molecule has 0 saturated heterocycles. The number of fused-ring (bicyclic) bond motifs is 6. The lowest BCUT2D eigenvalue weighted by atomic mass is 10.1. The first-order valence-electron chi connectivity index (χ1n) is 16.9. The molecule has 4 heterocycles. The largest absolute Gasteiger partial charge is 0.304 e. The molecule has 7 nitrogen and oxygen atoms in total. The van der Waals surface area contributed by atoms with E-state index in [1.165, 1.54) is 16.8 Å². The van der Waals surface area contributed by atoms with Crippen LogP contribution in [-0.2, 0) is 23.0 Å². The van der Waals surface area contributed by atoms with Crippen LogP contribution >= 0.6 is 69.1 Å². The predicted molar refractivity (Wildman–Crippen MR) is 215 cm³/mol. The molecule has 0 saturated carbocycles. The Bertz CT molecular complexity index is 2640. The first-order valence-corrected chi connectivity index (χ1v) is 21.6. The average molecular weight is 865 g/mol. The van der Waals surface area contributed by atoms with Crippen molar-refractivity contribution in [1.29, 1.82) is 0 Å². The van der Waals surface area contributed by atoms with Crippen molar-refractivity contribution >= 4 is 90.8 Å². The summed E-state index contributed by atoms with van der Waals surface area (Å²) < 4.78 is 67.9. The van der Waals surface area contributed by atoms with Gasteiger partial charge in [0.05, 0.1) is 32.8 Å². The Kier molecular flexibility index (Phi) is 10.4. The van der Waals surface area contributed by atoms with Crippen LogP contribution in [0.4, 0.5) is 8.78 Å².